The van der Waals surface area contributed by atoms with E-state index in [2.05, 4.69) is 17.2 Å². The van der Waals surface area contributed by atoms with Gasteiger partial charge < -0.3 is 15.8 Å². The normalized spacial score (nSPS) is 12.4. The topological polar surface area (TPSA) is 60.2 Å². The van der Waals surface area contributed by atoms with Crippen molar-refractivity contribution in [3.8, 4) is 0 Å². The lowest BCUT2D eigenvalue weighted by molar-refractivity contribution is 0.164. The molecule has 4 nitrogen and oxygen atoms in total. The Morgan fingerprint density at radius 3 is 3.00 bits per heavy atom. The van der Waals surface area contributed by atoms with E-state index in [1.165, 1.54) is 0 Å². The van der Waals surface area contributed by atoms with Crippen molar-refractivity contribution in [1.82, 2.24) is 4.98 Å². The number of hydrogen-bond donors (Lipinski definition) is 2. The van der Waals surface area contributed by atoms with E-state index in [1.807, 2.05) is 12.1 Å². The fraction of sp³-hybridized carbons (Fsp3) is 0.500. The summed E-state index contributed by atoms with van der Waals surface area (Å²) in [7, 11) is 1.70. The predicted octanol–water partition coefficient (Wildman–Crippen LogP) is 1.36. The lowest BCUT2D eigenvalue weighted by atomic mass is 10.2. The summed E-state index contributed by atoms with van der Waals surface area (Å²) in [5, 5.41) is 3.20. The fourth-order valence-corrected chi connectivity index (χ4v) is 1.17. The van der Waals surface area contributed by atoms with Gasteiger partial charge in [-0.2, -0.15) is 0 Å². The third-order valence-corrected chi connectivity index (χ3v) is 1.85. The minimum absolute atomic E-state index is 0.461. The molecule has 0 aliphatic heterocycles. The first-order valence-electron chi connectivity index (χ1n) is 4.67. The maximum absolute atomic E-state index is 5.55. The Labute approximate surface area is 84.5 Å². The molecule has 1 heterocycles. The van der Waals surface area contributed by atoms with Gasteiger partial charge in [-0.15, -0.1) is 0 Å². The molecule has 78 valence electrons. The third kappa shape index (κ3) is 3.62. The van der Waals surface area contributed by atoms with Crippen LogP contribution in [-0.2, 0) is 4.74 Å². The van der Waals surface area contributed by atoms with Crippen LogP contribution < -0.4 is 11.1 Å². The zero-order valence-electron chi connectivity index (χ0n) is 8.66. The van der Waals surface area contributed by atoms with Crippen LogP contribution in [0.15, 0.2) is 18.2 Å². The molecule has 1 atom stereocenters. The maximum Gasteiger partial charge on any atom is 0.128 e. The van der Waals surface area contributed by atoms with Gasteiger partial charge in [0.2, 0.25) is 0 Å². The van der Waals surface area contributed by atoms with Gasteiger partial charge >= 0.3 is 0 Å². The summed E-state index contributed by atoms with van der Waals surface area (Å²) in [5.41, 5.74) is 5.55. The van der Waals surface area contributed by atoms with Crippen molar-refractivity contribution < 1.29 is 4.74 Å². The molecule has 0 saturated carbocycles. The number of nitrogens with two attached hydrogens (primary N) is 1. The van der Waals surface area contributed by atoms with Crippen molar-refractivity contribution in [2.45, 2.75) is 6.92 Å². The number of nitrogen functional groups attached to an aromatic ring is 1. The Morgan fingerprint density at radius 2 is 2.36 bits per heavy atom. The highest BCUT2D eigenvalue weighted by Gasteiger charge is 2.01. The van der Waals surface area contributed by atoms with Crippen LogP contribution in [0.5, 0.6) is 0 Å². The Hall–Kier alpha value is -1.29. The number of hydrogen-bond acceptors (Lipinski definition) is 4. The van der Waals surface area contributed by atoms with Gasteiger partial charge in [-0.05, 0) is 18.1 Å². The summed E-state index contributed by atoms with van der Waals surface area (Å²) in [4.78, 5) is 4.13. The van der Waals surface area contributed by atoms with E-state index in [-0.39, 0.29) is 0 Å². The van der Waals surface area contributed by atoms with Crippen LogP contribution in [0.2, 0.25) is 0 Å². The molecule has 0 spiro atoms. The molecule has 0 aliphatic carbocycles. The second-order valence-electron chi connectivity index (χ2n) is 3.39. The third-order valence-electron chi connectivity index (χ3n) is 1.85. The van der Waals surface area contributed by atoms with Gasteiger partial charge in [0, 0.05) is 13.7 Å². The molecule has 0 bridgehead atoms. The number of methoxy groups -OCH3 is 1. The first-order chi connectivity index (χ1) is 6.72. The number of nitrogens with one attached hydrogen (secondary N) is 1. The second kappa shape index (κ2) is 5.44. The lowest BCUT2D eigenvalue weighted by Crippen LogP contribution is -2.16. The molecular weight excluding hydrogens is 178 g/mol. The van der Waals surface area contributed by atoms with Crippen molar-refractivity contribution in [3.05, 3.63) is 18.2 Å². The van der Waals surface area contributed by atoms with Crippen molar-refractivity contribution in [2.75, 3.05) is 31.3 Å². The number of nitrogens with zero attached hydrogens (tertiary/aromatic N) is 1. The van der Waals surface area contributed by atoms with Crippen molar-refractivity contribution in [1.29, 1.82) is 0 Å². The number of pyridine rings is 1. The largest absolute Gasteiger partial charge is 0.384 e. The van der Waals surface area contributed by atoms with E-state index in [9.17, 15) is 0 Å². The highest BCUT2D eigenvalue weighted by Crippen LogP contribution is 2.06. The van der Waals surface area contributed by atoms with Gasteiger partial charge in [0.15, 0.2) is 0 Å². The summed E-state index contributed by atoms with van der Waals surface area (Å²) in [6.45, 7) is 3.70. The molecule has 3 N–H and O–H groups in total. The van der Waals surface area contributed by atoms with Gasteiger partial charge in [0.05, 0.1) is 6.61 Å². The van der Waals surface area contributed by atoms with Crippen molar-refractivity contribution >= 4 is 11.6 Å². The number of rotatable bonds is 5. The molecule has 0 aromatic carbocycles. The molecule has 0 radical (unpaired) electrons. The zero-order valence-corrected chi connectivity index (χ0v) is 8.66. The van der Waals surface area contributed by atoms with Crippen molar-refractivity contribution in [2.24, 2.45) is 5.92 Å². The zero-order chi connectivity index (χ0) is 10.4. The van der Waals surface area contributed by atoms with Crippen LogP contribution in [0.3, 0.4) is 0 Å². The minimum Gasteiger partial charge on any atom is -0.384 e. The van der Waals surface area contributed by atoms with E-state index in [0.29, 0.717) is 11.7 Å². The smallest absolute Gasteiger partial charge is 0.128 e. The van der Waals surface area contributed by atoms with Crippen LogP contribution in [0.4, 0.5) is 11.6 Å². The van der Waals surface area contributed by atoms with Gasteiger partial charge in [-0.25, -0.2) is 4.98 Å². The van der Waals surface area contributed by atoms with Crippen LogP contribution in [0.1, 0.15) is 6.92 Å². The first-order valence-corrected chi connectivity index (χ1v) is 4.67. The average Bonchev–Trinajstić information content (AvgIpc) is 2.15. The van der Waals surface area contributed by atoms with Crippen LogP contribution in [0.25, 0.3) is 0 Å². The summed E-state index contributed by atoms with van der Waals surface area (Å²) >= 11 is 0. The minimum atomic E-state index is 0.461. The van der Waals surface area contributed by atoms with Crippen LogP contribution in [0, 0.1) is 5.92 Å². The molecule has 0 amide bonds. The summed E-state index contributed by atoms with van der Waals surface area (Å²) < 4.78 is 5.03. The van der Waals surface area contributed by atoms with E-state index in [4.69, 9.17) is 10.5 Å². The number of ether oxygens (including phenoxy) is 1. The Morgan fingerprint density at radius 1 is 1.57 bits per heavy atom. The molecule has 0 fully saturated rings. The molecule has 1 unspecified atom stereocenters. The maximum atomic E-state index is 5.55. The molecule has 14 heavy (non-hydrogen) atoms. The molecular formula is C10H17N3O. The monoisotopic (exact) mass is 195 g/mol. The molecule has 1 aromatic rings. The molecule has 1 rings (SSSR count). The highest BCUT2D eigenvalue weighted by molar-refractivity contribution is 5.42. The van der Waals surface area contributed by atoms with Crippen LogP contribution in [-0.4, -0.2) is 25.2 Å². The number of anilines is 2. The van der Waals surface area contributed by atoms with Crippen LogP contribution >= 0.6 is 0 Å². The van der Waals surface area contributed by atoms with Gasteiger partial charge in [-0.1, -0.05) is 13.0 Å². The summed E-state index contributed by atoms with van der Waals surface area (Å²) in [6, 6.07) is 5.55. The first kappa shape index (κ1) is 10.8. The number of aromatic nitrogens is 1. The Kier molecular flexibility index (Phi) is 4.19. The average molecular weight is 195 g/mol. The highest BCUT2D eigenvalue weighted by atomic mass is 16.5. The quantitative estimate of drug-likeness (QED) is 0.744. The van der Waals surface area contributed by atoms with E-state index in [0.717, 1.165) is 19.0 Å². The fourth-order valence-electron chi connectivity index (χ4n) is 1.17. The SMILES string of the molecule is COCC(C)CNc1cccc(N)n1. The molecule has 0 aliphatic rings. The van der Waals surface area contributed by atoms with E-state index < -0.39 is 0 Å². The van der Waals surface area contributed by atoms with Gasteiger partial charge in [0.1, 0.15) is 11.6 Å². The van der Waals surface area contributed by atoms with Gasteiger partial charge in [-0.3, -0.25) is 0 Å². The van der Waals surface area contributed by atoms with Gasteiger partial charge in [0.25, 0.3) is 0 Å². The molecule has 1 aromatic heterocycles. The standard InChI is InChI=1S/C10H17N3O/c1-8(7-14-2)6-12-10-5-3-4-9(11)13-10/h3-5,8H,6-7H2,1-2H3,(H3,11,12,13). The summed E-state index contributed by atoms with van der Waals surface area (Å²) in [5.74, 6) is 1.81. The van der Waals surface area contributed by atoms with E-state index >= 15 is 0 Å². The Bertz CT molecular complexity index is 278. The summed E-state index contributed by atoms with van der Waals surface area (Å²) in [6.07, 6.45) is 0. The van der Waals surface area contributed by atoms with Crippen molar-refractivity contribution in [3.63, 3.8) is 0 Å². The predicted molar refractivity (Wildman–Crippen MR) is 58.2 cm³/mol. The molecule has 4 heteroatoms. The Balaban J connectivity index is 2.37. The van der Waals surface area contributed by atoms with E-state index in [1.54, 1.807) is 13.2 Å². The lowest BCUT2D eigenvalue weighted by Gasteiger charge is -2.11. The second-order valence-corrected chi connectivity index (χ2v) is 3.39. The molecule has 0 saturated heterocycles.